The maximum absolute atomic E-state index is 12.0. The molecule has 2 aromatic carbocycles. The van der Waals surface area contributed by atoms with Crippen molar-refractivity contribution < 1.29 is 9.90 Å². The highest BCUT2D eigenvalue weighted by Gasteiger charge is 2.11. The number of benzene rings is 2. The molecule has 2 rings (SSSR count). The Kier molecular flexibility index (Phi) is 3.62. The quantitative estimate of drug-likeness (QED) is 0.582. The molecule has 0 aliphatic rings. The van der Waals surface area contributed by atoms with Crippen LogP contribution in [0.5, 0.6) is 5.75 Å². The highest BCUT2D eigenvalue weighted by molar-refractivity contribution is 6.31. The van der Waals surface area contributed by atoms with E-state index in [0.29, 0.717) is 16.3 Å². The van der Waals surface area contributed by atoms with Gasteiger partial charge in [0.25, 0.3) is 5.91 Å². The maximum Gasteiger partial charge on any atom is 0.255 e. The van der Waals surface area contributed by atoms with Gasteiger partial charge >= 0.3 is 0 Å². The van der Waals surface area contributed by atoms with Crippen LogP contribution in [0.2, 0.25) is 5.02 Å². The lowest BCUT2D eigenvalue weighted by molar-refractivity contribution is 0.102. The number of carbonyl (C=O) groups is 1. The van der Waals surface area contributed by atoms with E-state index in [-0.39, 0.29) is 17.3 Å². The summed E-state index contributed by atoms with van der Waals surface area (Å²) in [5.41, 5.74) is 7.53. The zero-order chi connectivity index (χ0) is 14.0. The van der Waals surface area contributed by atoms with Crippen molar-refractivity contribution in [1.29, 1.82) is 0 Å². The van der Waals surface area contributed by atoms with Gasteiger partial charge in [-0.2, -0.15) is 0 Å². The zero-order valence-corrected chi connectivity index (χ0v) is 11.0. The van der Waals surface area contributed by atoms with Gasteiger partial charge in [0.1, 0.15) is 5.75 Å². The van der Waals surface area contributed by atoms with Crippen molar-refractivity contribution in [3.8, 4) is 5.75 Å². The molecule has 0 atom stereocenters. The van der Waals surface area contributed by atoms with E-state index >= 15 is 0 Å². The van der Waals surface area contributed by atoms with E-state index in [1.54, 1.807) is 31.2 Å². The normalized spacial score (nSPS) is 10.2. The predicted molar refractivity (Wildman–Crippen MR) is 76.7 cm³/mol. The van der Waals surface area contributed by atoms with Gasteiger partial charge in [-0.1, -0.05) is 17.7 Å². The molecule has 1 amide bonds. The Morgan fingerprint density at radius 3 is 2.74 bits per heavy atom. The van der Waals surface area contributed by atoms with Crippen LogP contribution in [-0.4, -0.2) is 11.0 Å². The molecule has 0 saturated carbocycles. The van der Waals surface area contributed by atoms with Gasteiger partial charge in [0, 0.05) is 16.3 Å². The first kappa shape index (κ1) is 13.2. The number of nitrogens with one attached hydrogen (secondary N) is 1. The molecular formula is C14H13ClN2O2. The molecular weight excluding hydrogens is 264 g/mol. The van der Waals surface area contributed by atoms with Crippen molar-refractivity contribution in [2.24, 2.45) is 0 Å². The summed E-state index contributed by atoms with van der Waals surface area (Å²) < 4.78 is 0. The third-order valence-electron chi connectivity index (χ3n) is 2.67. The van der Waals surface area contributed by atoms with Crippen molar-refractivity contribution in [1.82, 2.24) is 0 Å². The Labute approximate surface area is 115 Å². The molecule has 98 valence electrons. The highest BCUT2D eigenvalue weighted by atomic mass is 35.5. The van der Waals surface area contributed by atoms with Crippen molar-refractivity contribution in [3.63, 3.8) is 0 Å². The number of carbonyl (C=O) groups excluding carboxylic acids is 1. The summed E-state index contributed by atoms with van der Waals surface area (Å²) in [4.78, 5) is 12.0. The molecule has 0 aliphatic heterocycles. The van der Waals surface area contributed by atoms with E-state index in [1.165, 1.54) is 12.1 Å². The van der Waals surface area contributed by atoms with E-state index in [1.807, 2.05) is 0 Å². The number of phenols is 1. The van der Waals surface area contributed by atoms with Gasteiger partial charge in [0.05, 0.1) is 5.69 Å². The van der Waals surface area contributed by atoms with Crippen LogP contribution in [0.15, 0.2) is 36.4 Å². The molecule has 0 aromatic heterocycles. The number of nitrogens with two attached hydrogens (primary N) is 1. The number of aromatic hydroxyl groups is 1. The summed E-state index contributed by atoms with van der Waals surface area (Å²) >= 11 is 5.96. The number of aryl methyl sites for hydroxylation is 1. The molecule has 2 aromatic rings. The van der Waals surface area contributed by atoms with Crippen LogP contribution < -0.4 is 11.1 Å². The van der Waals surface area contributed by atoms with Crippen molar-refractivity contribution in [3.05, 3.63) is 52.5 Å². The van der Waals surface area contributed by atoms with Gasteiger partial charge in [-0.3, -0.25) is 4.79 Å². The summed E-state index contributed by atoms with van der Waals surface area (Å²) in [6.45, 7) is 1.77. The molecule has 0 aliphatic carbocycles. The van der Waals surface area contributed by atoms with E-state index in [4.69, 9.17) is 17.3 Å². The minimum atomic E-state index is -0.359. The third-order valence-corrected chi connectivity index (χ3v) is 3.08. The Bertz CT molecular complexity index is 641. The van der Waals surface area contributed by atoms with Gasteiger partial charge in [0.2, 0.25) is 0 Å². The fourth-order valence-corrected chi connectivity index (χ4v) is 1.80. The van der Waals surface area contributed by atoms with Crippen LogP contribution in [0.4, 0.5) is 11.4 Å². The summed E-state index contributed by atoms with van der Waals surface area (Å²) in [6.07, 6.45) is 0. The number of rotatable bonds is 2. The Morgan fingerprint density at radius 1 is 1.32 bits per heavy atom. The second-order valence-corrected chi connectivity index (χ2v) is 4.61. The van der Waals surface area contributed by atoms with Crippen molar-refractivity contribution in [2.45, 2.75) is 6.92 Å². The van der Waals surface area contributed by atoms with E-state index < -0.39 is 0 Å². The van der Waals surface area contributed by atoms with Crippen LogP contribution in [0.25, 0.3) is 0 Å². The molecule has 4 nitrogen and oxygen atoms in total. The van der Waals surface area contributed by atoms with Crippen LogP contribution in [0, 0.1) is 6.92 Å². The Balaban J connectivity index is 2.27. The number of phenolic OH excluding ortho intramolecular Hbond substituents is 1. The number of anilines is 2. The van der Waals surface area contributed by atoms with Crippen LogP contribution in [0.1, 0.15) is 15.9 Å². The third kappa shape index (κ3) is 2.98. The smallest absolute Gasteiger partial charge is 0.255 e. The highest BCUT2D eigenvalue weighted by Crippen LogP contribution is 2.30. The number of hydrogen-bond acceptors (Lipinski definition) is 3. The molecule has 0 unspecified atom stereocenters. The number of amides is 1. The second kappa shape index (κ2) is 5.20. The zero-order valence-electron chi connectivity index (χ0n) is 10.3. The largest absolute Gasteiger partial charge is 0.506 e. The van der Waals surface area contributed by atoms with Crippen LogP contribution >= 0.6 is 11.6 Å². The second-order valence-electron chi connectivity index (χ2n) is 4.20. The lowest BCUT2D eigenvalue weighted by Gasteiger charge is -2.09. The first-order chi connectivity index (χ1) is 8.97. The monoisotopic (exact) mass is 276 g/mol. The molecule has 0 spiro atoms. The van der Waals surface area contributed by atoms with Gasteiger partial charge in [-0.15, -0.1) is 0 Å². The summed E-state index contributed by atoms with van der Waals surface area (Å²) in [6, 6.07) is 9.58. The predicted octanol–water partition coefficient (Wildman–Crippen LogP) is 3.19. The average molecular weight is 277 g/mol. The summed E-state index contributed by atoms with van der Waals surface area (Å²) in [7, 11) is 0. The summed E-state index contributed by atoms with van der Waals surface area (Å²) in [5, 5.41) is 12.8. The van der Waals surface area contributed by atoms with Crippen molar-refractivity contribution >= 4 is 28.9 Å². The topological polar surface area (TPSA) is 75.3 Å². The molecule has 0 fully saturated rings. The van der Waals surface area contributed by atoms with Gasteiger partial charge < -0.3 is 16.2 Å². The first-order valence-corrected chi connectivity index (χ1v) is 6.01. The lowest BCUT2D eigenvalue weighted by Crippen LogP contribution is -2.12. The van der Waals surface area contributed by atoms with Gasteiger partial charge in [0.15, 0.2) is 0 Å². The fraction of sp³-hybridized carbons (Fsp3) is 0.0714. The number of halogens is 1. The number of nitrogen functional groups attached to an aromatic ring is 1. The molecule has 19 heavy (non-hydrogen) atoms. The lowest BCUT2D eigenvalue weighted by atomic mass is 10.1. The molecule has 0 bridgehead atoms. The Hall–Kier alpha value is -2.20. The standard InChI is InChI=1S/C14H13ClN2O2/c1-8-5-13(18)12(7-11(8)15)17-14(19)9-3-2-4-10(16)6-9/h2-7,18H,16H2,1H3,(H,17,19). The maximum atomic E-state index is 12.0. The molecule has 0 heterocycles. The van der Waals surface area contributed by atoms with Gasteiger partial charge in [-0.25, -0.2) is 0 Å². The van der Waals surface area contributed by atoms with E-state index in [9.17, 15) is 9.90 Å². The molecule has 0 radical (unpaired) electrons. The molecule has 0 saturated heterocycles. The first-order valence-electron chi connectivity index (χ1n) is 5.63. The van der Waals surface area contributed by atoms with Crippen LogP contribution in [0.3, 0.4) is 0 Å². The van der Waals surface area contributed by atoms with Gasteiger partial charge in [-0.05, 0) is 42.8 Å². The SMILES string of the molecule is Cc1cc(O)c(NC(=O)c2cccc(N)c2)cc1Cl. The number of hydrogen-bond donors (Lipinski definition) is 3. The summed E-state index contributed by atoms with van der Waals surface area (Å²) in [5.74, 6) is -0.387. The average Bonchev–Trinajstić information content (AvgIpc) is 2.36. The van der Waals surface area contributed by atoms with Crippen LogP contribution in [-0.2, 0) is 0 Å². The van der Waals surface area contributed by atoms with E-state index in [2.05, 4.69) is 5.32 Å². The van der Waals surface area contributed by atoms with Crippen molar-refractivity contribution in [2.75, 3.05) is 11.1 Å². The Morgan fingerprint density at radius 2 is 2.05 bits per heavy atom. The minimum Gasteiger partial charge on any atom is -0.506 e. The van der Waals surface area contributed by atoms with E-state index in [0.717, 1.165) is 5.56 Å². The fourth-order valence-electron chi connectivity index (χ4n) is 1.64. The molecule has 4 N–H and O–H groups in total. The molecule has 5 heteroatoms. The minimum absolute atomic E-state index is 0.0286.